The first-order valence-corrected chi connectivity index (χ1v) is 9.27. The minimum absolute atomic E-state index is 0.559. The second kappa shape index (κ2) is 9.20. The Kier molecular flexibility index (Phi) is 6.69. The molecule has 1 aromatic carbocycles. The molecule has 2 aromatic rings. The van der Waals surface area contributed by atoms with Crippen molar-refractivity contribution in [1.82, 2.24) is 10.6 Å². The molecule has 0 aliphatic carbocycles. The largest absolute Gasteiger partial charge is 0.459 e. The van der Waals surface area contributed by atoms with Gasteiger partial charge in [0.1, 0.15) is 24.6 Å². The van der Waals surface area contributed by atoms with Crippen LogP contribution in [0.3, 0.4) is 0 Å². The van der Waals surface area contributed by atoms with Gasteiger partial charge in [0.05, 0.1) is 32.8 Å². The van der Waals surface area contributed by atoms with Gasteiger partial charge < -0.3 is 24.7 Å². The van der Waals surface area contributed by atoms with E-state index in [1.807, 2.05) is 36.4 Å². The van der Waals surface area contributed by atoms with Gasteiger partial charge in [0.15, 0.2) is 5.11 Å². The number of morpholine rings is 1. The molecule has 3 N–H and O–H groups in total. The van der Waals surface area contributed by atoms with E-state index in [-0.39, 0.29) is 0 Å². The van der Waals surface area contributed by atoms with E-state index in [0.29, 0.717) is 16.7 Å². The molecule has 1 aromatic heterocycles. The van der Waals surface area contributed by atoms with Gasteiger partial charge >= 0.3 is 0 Å². The number of nitrogens with one attached hydrogen (secondary N) is 3. The second-order valence-electron chi connectivity index (χ2n) is 5.99. The zero-order chi connectivity index (χ0) is 17.5. The minimum Gasteiger partial charge on any atom is -0.459 e. The number of benzene rings is 1. The third kappa shape index (κ3) is 5.71. The Morgan fingerprint density at radius 3 is 2.60 bits per heavy atom. The van der Waals surface area contributed by atoms with Crippen molar-refractivity contribution in [3.8, 4) is 11.3 Å². The number of hydrogen-bond acceptors (Lipinski definition) is 3. The van der Waals surface area contributed by atoms with E-state index in [1.54, 1.807) is 4.90 Å². The fourth-order valence-electron chi connectivity index (χ4n) is 2.74. The first kappa shape index (κ1) is 18.2. The Balaban J connectivity index is 1.39. The molecule has 0 spiro atoms. The van der Waals surface area contributed by atoms with Crippen molar-refractivity contribution >= 4 is 28.9 Å². The molecule has 1 fully saturated rings. The maximum Gasteiger partial charge on any atom is 0.166 e. The molecular weight excluding hydrogens is 358 g/mol. The van der Waals surface area contributed by atoms with Crippen molar-refractivity contribution in [2.75, 3.05) is 39.4 Å². The number of furan rings is 1. The number of rotatable bonds is 6. The summed E-state index contributed by atoms with van der Waals surface area (Å²) in [6.45, 7) is 6.31. The van der Waals surface area contributed by atoms with Crippen LogP contribution in [-0.4, -0.2) is 44.5 Å². The average molecular weight is 381 g/mol. The predicted molar refractivity (Wildman–Crippen MR) is 103 cm³/mol. The summed E-state index contributed by atoms with van der Waals surface area (Å²) in [5, 5.41) is 7.79. The molecule has 0 bridgehead atoms. The molecule has 5 nitrogen and oxygen atoms in total. The Morgan fingerprint density at radius 2 is 1.84 bits per heavy atom. The molecule has 1 aliphatic rings. The molecule has 1 saturated heterocycles. The molecule has 0 radical (unpaired) electrons. The highest BCUT2D eigenvalue weighted by atomic mass is 35.5. The van der Waals surface area contributed by atoms with Crippen LogP contribution in [0.15, 0.2) is 40.8 Å². The quantitative estimate of drug-likeness (QED) is 0.663. The lowest BCUT2D eigenvalue weighted by molar-refractivity contribution is -0.906. The molecule has 134 valence electrons. The van der Waals surface area contributed by atoms with Gasteiger partial charge in [-0.3, -0.25) is 0 Å². The maximum atomic E-state index is 5.91. The summed E-state index contributed by atoms with van der Waals surface area (Å²) >= 11 is 11.2. The van der Waals surface area contributed by atoms with Crippen LogP contribution < -0.4 is 15.5 Å². The first-order valence-electron chi connectivity index (χ1n) is 8.48. The van der Waals surface area contributed by atoms with Crippen LogP contribution in [0.4, 0.5) is 0 Å². The van der Waals surface area contributed by atoms with Crippen LogP contribution in [-0.2, 0) is 11.3 Å². The highest BCUT2D eigenvalue weighted by molar-refractivity contribution is 7.80. The van der Waals surface area contributed by atoms with E-state index in [2.05, 4.69) is 10.6 Å². The lowest BCUT2D eigenvalue weighted by Gasteiger charge is -2.23. The standard InChI is InChI=1S/C18H22ClN3O2S/c19-15-3-1-14(2-4-15)17-6-5-16(24-17)13-21-18(25)20-7-8-22-9-11-23-12-10-22/h1-6H,7-13H2,(H2,20,21,25)/p+1. The van der Waals surface area contributed by atoms with E-state index < -0.39 is 0 Å². The lowest BCUT2D eigenvalue weighted by Crippen LogP contribution is -3.14. The fraction of sp³-hybridized carbons (Fsp3) is 0.389. The van der Waals surface area contributed by atoms with Crippen LogP contribution in [0.2, 0.25) is 5.02 Å². The van der Waals surface area contributed by atoms with Crippen molar-refractivity contribution in [1.29, 1.82) is 0 Å². The van der Waals surface area contributed by atoms with Crippen molar-refractivity contribution in [2.24, 2.45) is 0 Å². The molecule has 2 heterocycles. The van der Waals surface area contributed by atoms with Crippen LogP contribution in [0.1, 0.15) is 5.76 Å². The predicted octanol–water partition coefficient (Wildman–Crippen LogP) is 1.48. The van der Waals surface area contributed by atoms with Gasteiger partial charge in [0.2, 0.25) is 0 Å². The number of halogens is 1. The van der Waals surface area contributed by atoms with Gasteiger partial charge in [0, 0.05) is 10.6 Å². The average Bonchev–Trinajstić information content (AvgIpc) is 3.10. The van der Waals surface area contributed by atoms with Crippen molar-refractivity contribution in [3.63, 3.8) is 0 Å². The van der Waals surface area contributed by atoms with E-state index in [4.69, 9.17) is 33.0 Å². The summed E-state index contributed by atoms with van der Waals surface area (Å²) in [6, 6.07) is 11.5. The van der Waals surface area contributed by atoms with Crippen LogP contribution in [0.5, 0.6) is 0 Å². The van der Waals surface area contributed by atoms with Crippen molar-refractivity contribution in [3.05, 3.63) is 47.2 Å². The molecule has 25 heavy (non-hydrogen) atoms. The Morgan fingerprint density at radius 1 is 1.08 bits per heavy atom. The lowest BCUT2D eigenvalue weighted by atomic mass is 10.2. The summed E-state index contributed by atoms with van der Waals surface area (Å²) in [7, 11) is 0. The summed E-state index contributed by atoms with van der Waals surface area (Å²) in [4.78, 5) is 1.56. The molecule has 1 aliphatic heterocycles. The van der Waals surface area contributed by atoms with Crippen LogP contribution in [0.25, 0.3) is 11.3 Å². The summed E-state index contributed by atoms with van der Waals surface area (Å²) in [6.07, 6.45) is 0. The smallest absolute Gasteiger partial charge is 0.166 e. The third-order valence-corrected chi connectivity index (χ3v) is 4.72. The molecule has 0 amide bonds. The van der Waals surface area contributed by atoms with Crippen LogP contribution >= 0.6 is 23.8 Å². The normalized spacial score (nSPS) is 15.1. The molecular formula is C18H23ClN3O2S+. The fourth-order valence-corrected chi connectivity index (χ4v) is 3.04. The number of hydrogen-bond donors (Lipinski definition) is 3. The Labute approximate surface area is 158 Å². The number of thiocarbonyl (C=S) groups is 1. The zero-order valence-electron chi connectivity index (χ0n) is 14.0. The second-order valence-corrected chi connectivity index (χ2v) is 6.84. The van der Waals surface area contributed by atoms with E-state index in [0.717, 1.165) is 56.5 Å². The molecule has 0 saturated carbocycles. The topological polar surface area (TPSA) is 50.9 Å². The van der Waals surface area contributed by atoms with Gasteiger partial charge in [-0.25, -0.2) is 0 Å². The Bertz CT molecular complexity index is 684. The van der Waals surface area contributed by atoms with Crippen molar-refractivity contribution in [2.45, 2.75) is 6.54 Å². The number of quaternary nitrogens is 1. The molecule has 3 rings (SSSR count). The van der Waals surface area contributed by atoms with Gasteiger partial charge in [-0.05, 0) is 48.6 Å². The van der Waals surface area contributed by atoms with E-state index >= 15 is 0 Å². The molecule has 0 unspecified atom stereocenters. The number of ether oxygens (including phenoxy) is 1. The minimum atomic E-state index is 0.559. The van der Waals surface area contributed by atoms with Crippen LogP contribution in [0, 0.1) is 0 Å². The summed E-state index contributed by atoms with van der Waals surface area (Å²) in [5.74, 6) is 1.66. The molecule has 0 atom stereocenters. The van der Waals surface area contributed by atoms with Crippen molar-refractivity contribution < 1.29 is 14.1 Å². The van der Waals surface area contributed by atoms with E-state index in [9.17, 15) is 0 Å². The van der Waals surface area contributed by atoms with E-state index in [1.165, 1.54) is 0 Å². The molecule has 7 heteroatoms. The summed E-state index contributed by atoms with van der Waals surface area (Å²) < 4.78 is 11.2. The highest BCUT2D eigenvalue weighted by Gasteiger charge is 2.13. The van der Waals surface area contributed by atoms with Gasteiger partial charge in [-0.15, -0.1) is 0 Å². The SMILES string of the molecule is S=C(NCC[NH+]1CCOCC1)NCc1ccc(-c2ccc(Cl)cc2)o1. The Hall–Kier alpha value is -1.60. The van der Waals surface area contributed by atoms with Gasteiger partial charge in [0.25, 0.3) is 0 Å². The van der Waals surface area contributed by atoms with Gasteiger partial charge in [-0.2, -0.15) is 0 Å². The maximum absolute atomic E-state index is 5.91. The third-order valence-electron chi connectivity index (χ3n) is 4.18. The highest BCUT2D eigenvalue weighted by Crippen LogP contribution is 2.23. The zero-order valence-corrected chi connectivity index (χ0v) is 15.6. The monoisotopic (exact) mass is 380 g/mol. The first-order chi connectivity index (χ1) is 12.2. The summed E-state index contributed by atoms with van der Waals surface area (Å²) in [5.41, 5.74) is 1.00. The van der Waals surface area contributed by atoms with Gasteiger partial charge in [-0.1, -0.05) is 11.6 Å².